The van der Waals surface area contributed by atoms with E-state index in [4.69, 9.17) is 14.2 Å². The van der Waals surface area contributed by atoms with Gasteiger partial charge in [-0.15, -0.1) is 0 Å². The van der Waals surface area contributed by atoms with Gasteiger partial charge in [0.2, 0.25) is 9.84 Å². The molecule has 0 aromatic heterocycles. The third kappa shape index (κ3) is 5.67. The van der Waals surface area contributed by atoms with Gasteiger partial charge in [0, 0.05) is 17.3 Å². The van der Waals surface area contributed by atoms with E-state index in [-0.39, 0.29) is 45.3 Å². The summed E-state index contributed by atoms with van der Waals surface area (Å²) in [6.45, 7) is 1.82. The highest BCUT2D eigenvalue weighted by atomic mass is 32.2. The zero-order chi connectivity index (χ0) is 30.7. The van der Waals surface area contributed by atoms with Crippen LogP contribution in [-0.2, 0) is 21.1 Å². The third-order valence-electron chi connectivity index (χ3n) is 6.87. The number of nitrogens with zero attached hydrogens (tertiary/aromatic N) is 1. The first kappa shape index (κ1) is 29.3. The number of rotatable bonds is 8. The molecule has 1 N–H and O–H groups in total. The highest BCUT2D eigenvalue weighted by molar-refractivity contribution is 7.91. The quantitative estimate of drug-likeness (QED) is 0.276. The number of ether oxygens (including phenoxy) is 3. The van der Waals surface area contributed by atoms with E-state index in [1.54, 1.807) is 61.5 Å². The maximum atomic E-state index is 14.0. The van der Waals surface area contributed by atoms with Crippen molar-refractivity contribution in [3.63, 3.8) is 0 Å². The number of methoxy groups -OCH3 is 2. The van der Waals surface area contributed by atoms with Gasteiger partial charge in [0.1, 0.15) is 0 Å². The van der Waals surface area contributed by atoms with Crippen molar-refractivity contribution >= 4 is 39.0 Å². The van der Waals surface area contributed by atoms with Crippen LogP contribution in [0, 0.1) is 0 Å². The first-order chi connectivity index (χ1) is 20.7. The number of hydrogen-bond donors (Lipinski definition) is 1. The van der Waals surface area contributed by atoms with Gasteiger partial charge in [0.15, 0.2) is 11.5 Å². The van der Waals surface area contributed by atoms with Crippen LogP contribution in [0.5, 0.6) is 11.5 Å². The Morgan fingerprint density at radius 1 is 0.814 bits per heavy atom. The fraction of sp³-hybridized carbons (Fsp3) is 0.156. The molecule has 43 heavy (non-hydrogen) atoms. The van der Waals surface area contributed by atoms with Gasteiger partial charge in [-0.2, -0.15) is 0 Å². The fourth-order valence-corrected chi connectivity index (χ4v) is 6.45. The third-order valence-corrected chi connectivity index (χ3v) is 8.73. The van der Waals surface area contributed by atoms with Gasteiger partial charge in [0.05, 0.1) is 54.0 Å². The highest BCUT2D eigenvalue weighted by Crippen LogP contribution is 2.38. The Balaban J connectivity index is 1.59. The summed E-state index contributed by atoms with van der Waals surface area (Å²) in [4.78, 5) is 40.7. The van der Waals surface area contributed by atoms with E-state index < -0.39 is 27.6 Å². The number of fused-ring (bicyclic) bond motifs is 2. The minimum Gasteiger partial charge on any atom is -0.493 e. The van der Waals surface area contributed by atoms with Crippen LogP contribution in [0.4, 0.5) is 11.4 Å². The van der Waals surface area contributed by atoms with Crippen molar-refractivity contribution in [1.82, 2.24) is 0 Å². The maximum absolute atomic E-state index is 14.0. The molecular formula is C32H28N2O8S. The Kier molecular flexibility index (Phi) is 8.18. The second-order valence-electron chi connectivity index (χ2n) is 9.52. The van der Waals surface area contributed by atoms with Gasteiger partial charge in [-0.05, 0) is 67.1 Å². The van der Waals surface area contributed by atoms with Crippen LogP contribution in [0.1, 0.15) is 43.6 Å². The Labute approximate surface area is 248 Å². The van der Waals surface area contributed by atoms with Crippen molar-refractivity contribution in [3.05, 3.63) is 107 Å². The maximum Gasteiger partial charge on any atom is 0.338 e. The molecule has 4 aromatic carbocycles. The molecule has 10 nitrogen and oxygen atoms in total. The molecule has 2 amide bonds. The zero-order valence-corrected chi connectivity index (χ0v) is 24.4. The zero-order valence-electron chi connectivity index (χ0n) is 23.6. The fourth-order valence-electron chi connectivity index (χ4n) is 4.82. The molecule has 11 heteroatoms. The molecule has 0 saturated carbocycles. The number of esters is 1. The molecule has 1 heterocycles. The minimum absolute atomic E-state index is 0.00317. The predicted octanol–water partition coefficient (Wildman–Crippen LogP) is 5.13. The number of carbonyl (C=O) groups is 3. The van der Waals surface area contributed by atoms with E-state index in [1.807, 2.05) is 0 Å². The van der Waals surface area contributed by atoms with E-state index >= 15 is 0 Å². The summed E-state index contributed by atoms with van der Waals surface area (Å²) < 4.78 is 43.3. The topological polar surface area (TPSA) is 128 Å². The Morgan fingerprint density at radius 3 is 2.33 bits per heavy atom. The minimum atomic E-state index is -4.14. The lowest BCUT2D eigenvalue weighted by atomic mass is 10.1. The molecule has 220 valence electrons. The Hall–Kier alpha value is -5.16. The van der Waals surface area contributed by atoms with Crippen LogP contribution < -0.4 is 19.7 Å². The van der Waals surface area contributed by atoms with E-state index in [0.29, 0.717) is 22.7 Å². The number of sulfone groups is 1. The van der Waals surface area contributed by atoms with Crippen molar-refractivity contribution in [2.45, 2.75) is 23.3 Å². The van der Waals surface area contributed by atoms with E-state index in [1.165, 1.54) is 49.5 Å². The van der Waals surface area contributed by atoms with Crippen LogP contribution in [0.25, 0.3) is 0 Å². The number of hydrogen-bond acceptors (Lipinski definition) is 8. The molecule has 4 aromatic rings. The standard InChI is InChI=1S/C32H28N2O8S/c1-4-42-32(37)22-9-7-8-20(16-22)19-34-25-17-21(30(35)33-23-13-14-26(40-2)27(18-23)41-3)12-15-29(25)43(38,39)28-11-6-5-10-24(28)31(34)36/h5-18H,4,19H2,1-3H3,(H,33,35). The SMILES string of the molecule is CCOC(=O)c1cccc(CN2C(=O)c3ccccc3S(=O)(=O)c3ccc(C(=O)Nc4ccc(OC)c(OC)c4)cc32)c1. The normalized spacial score (nSPS) is 13.3. The molecule has 0 aliphatic carbocycles. The van der Waals surface area contributed by atoms with E-state index in [0.717, 1.165) is 0 Å². The van der Waals surface area contributed by atoms with E-state index in [2.05, 4.69) is 5.32 Å². The van der Waals surface area contributed by atoms with Crippen LogP contribution >= 0.6 is 0 Å². The molecule has 1 aliphatic rings. The van der Waals surface area contributed by atoms with Crippen LogP contribution in [0.3, 0.4) is 0 Å². The summed E-state index contributed by atoms with van der Waals surface area (Å²) in [5, 5.41) is 2.77. The van der Waals surface area contributed by atoms with Gasteiger partial charge in [-0.25, -0.2) is 13.2 Å². The summed E-state index contributed by atoms with van der Waals surface area (Å²) >= 11 is 0. The molecule has 0 saturated heterocycles. The highest BCUT2D eigenvalue weighted by Gasteiger charge is 2.36. The summed E-state index contributed by atoms with van der Waals surface area (Å²) in [6, 6.07) is 21.5. The second kappa shape index (κ2) is 12.0. The van der Waals surface area contributed by atoms with Crippen LogP contribution in [0.2, 0.25) is 0 Å². The van der Waals surface area contributed by atoms with Gasteiger partial charge in [0.25, 0.3) is 11.8 Å². The molecule has 0 radical (unpaired) electrons. The largest absolute Gasteiger partial charge is 0.493 e. The number of benzene rings is 4. The molecule has 0 fully saturated rings. The summed E-state index contributed by atoms with van der Waals surface area (Å²) in [6.07, 6.45) is 0. The lowest BCUT2D eigenvalue weighted by Crippen LogP contribution is -2.30. The molecular weight excluding hydrogens is 572 g/mol. The van der Waals surface area contributed by atoms with Crippen molar-refractivity contribution in [1.29, 1.82) is 0 Å². The number of carbonyl (C=O) groups excluding carboxylic acids is 3. The number of nitrogens with one attached hydrogen (secondary N) is 1. The smallest absolute Gasteiger partial charge is 0.338 e. The average Bonchev–Trinajstić information content (AvgIpc) is 3.09. The van der Waals surface area contributed by atoms with Gasteiger partial charge in [-0.3, -0.25) is 9.59 Å². The van der Waals surface area contributed by atoms with Crippen molar-refractivity contribution in [3.8, 4) is 11.5 Å². The Bertz CT molecular complexity index is 1850. The van der Waals surface area contributed by atoms with Gasteiger partial charge < -0.3 is 24.4 Å². The lowest BCUT2D eigenvalue weighted by Gasteiger charge is -2.24. The molecule has 5 rings (SSSR count). The number of anilines is 2. The van der Waals surface area contributed by atoms with Gasteiger partial charge in [-0.1, -0.05) is 24.3 Å². The first-order valence-electron chi connectivity index (χ1n) is 13.3. The summed E-state index contributed by atoms with van der Waals surface area (Å²) in [7, 11) is -1.17. The van der Waals surface area contributed by atoms with Crippen molar-refractivity contribution < 1.29 is 37.0 Å². The van der Waals surface area contributed by atoms with Crippen molar-refractivity contribution in [2.75, 3.05) is 31.0 Å². The lowest BCUT2D eigenvalue weighted by molar-refractivity contribution is 0.0526. The predicted molar refractivity (Wildman–Crippen MR) is 159 cm³/mol. The Morgan fingerprint density at radius 2 is 1.58 bits per heavy atom. The van der Waals surface area contributed by atoms with Gasteiger partial charge >= 0.3 is 5.97 Å². The van der Waals surface area contributed by atoms with Crippen molar-refractivity contribution in [2.24, 2.45) is 0 Å². The van der Waals surface area contributed by atoms with E-state index in [9.17, 15) is 22.8 Å². The summed E-state index contributed by atoms with van der Waals surface area (Å²) in [5.74, 6) is -0.735. The molecule has 0 atom stereocenters. The molecule has 1 aliphatic heterocycles. The first-order valence-corrected chi connectivity index (χ1v) is 14.8. The second-order valence-corrected chi connectivity index (χ2v) is 11.4. The van der Waals surface area contributed by atoms with Crippen LogP contribution in [0.15, 0.2) is 94.7 Å². The van der Waals surface area contributed by atoms with Crippen LogP contribution in [-0.4, -0.2) is 47.0 Å². The molecule has 0 unspecified atom stereocenters. The summed E-state index contributed by atoms with van der Waals surface area (Å²) in [5.41, 5.74) is 1.41. The average molecular weight is 601 g/mol. The number of amides is 2. The molecule has 0 spiro atoms. The molecule has 0 bridgehead atoms. The monoisotopic (exact) mass is 600 g/mol.